The Bertz CT molecular complexity index is 488. The number of hydrogen-bond acceptors (Lipinski definition) is 3. The van der Waals surface area contributed by atoms with Crippen LogP contribution in [0.3, 0.4) is 0 Å². The summed E-state index contributed by atoms with van der Waals surface area (Å²) in [5, 5.41) is 2.92. The van der Waals surface area contributed by atoms with Gasteiger partial charge in [-0.25, -0.2) is 0 Å². The Morgan fingerprint density at radius 3 is 2.43 bits per heavy atom. The molecule has 1 rings (SSSR count). The van der Waals surface area contributed by atoms with Crippen LogP contribution in [-0.2, 0) is 4.79 Å². The minimum absolute atomic E-state index is 0. The van der Waals surface area contributed by atoms with Crippen molar-refractivity contribution in [3.63, 3.8) is 0 Å². The Morgan fingerprint density at radius 1 is 1.22 bits per heavy atom. The molecule has 0 aromatic heterocycles. The Morgan fingerprint density at radius 2 is 1.87 bits per heavy atom. The Labute approximate surface area is 146 Å². The maximum atomic E-state index is 11.8. The van der Waals surface area contributed by atoms with Gasteiger partial charge in [0, 0.05) is 18.5 Å². The minimum Gasteiger partial charge on any atom is -0.494 e. The van der Waals surface area contributed by atoms with Gasteiger partial charge < -0.3 is 15.8 Å². The number of halogens is 1. The molecule has 0 spiro atoms. The largest absolute Gasteiger partial charge is 0.494 e. The van der Waals surface area contributed by atoms with E-state index in [1.54, 1.807) is 0 Å². The summed E-state index contributed by atoms with van der Waals surface area (Å²) in [5.74, 6) is 0.905. The van der Waals surface area contributed by atoms with E-state index in [0.29, 0.717) is 26.0 Å². The number of nitrogens with one attached hydrogen (secondary N) is 1. The monoisotopic (exact) mass is 342 g/mol. The van der Waals surface area contributed by atoms with Crippen molar-refractivity contribution in [2.75, 3.05) is 13.2 Å². The molecule has 0 aliphatic carbocycles. The lowest BCUT2D eigenvalue weighted by molar-refractivity contribution is -0.121. The lowest BCUT2D eigenvalue weighted by Gasteiger charge is -2.26. The number of aryl methyl sites for hydroxylation is 2. The molecule has 4 nitrogen and oxygen atoms in total. The molecule has 0 bridgehead atoms. The first-order chi connectivity index (χ1) is 10.4. The molecule has 1 aromatic carbocycles. The molecule has 0 saturated carbocycles. The van der Waals surface area contributed by atoms with Crippen LogP contribution < -0.4 is 15.8 Å². The fourth-order valence-electron chi connectivity index (χ4n) is 2.09. The van der Waals surface area contributed by atoms with Crippen molar-refractivity contribution in [3.05, 3.63) is 29.3 Å². The highest BCUT2D eigenvalue weighted by Crippen LogP contribution is 2.16. The van der Waals surface area contributed by atoms with Crippen molar-refractivity contribution in [1.29, 1.82) is 0 Å². The maximum absolute atomic E-state index is 11.8. The Balaban J connectivity index is 0.00000484. The third kappa shape index (κ3) is 7.71. The molecule has 0 aliphatic heterocycles. The minimum atomic E-state index is -0.286. The Kier molecular flexibility index (Phi) is 9.93. The van der Waals surface area contributed by atoms with Crippen LogP contribution in [0.5, 0.6) is 5.75 Å². The molecular formula is C18H31ClN2O2. The van der Waals surface area contributed by atoms with E-state index < -0.39 is 0 Å². The van der Waals surface area contributed by atoms with Crippen molar-refractivity contribution >= 4 is 18.3 Å². The number of carbonyl (C=O) groups is 1. The third-order valence-corrected chi connectivity index (χ3v) is 4.34. The maximum Gasteiger partial charge on any atom is 0.220 e. The first-order valence-electron chi connectivity index (χ1n) is 8.16. The van der Waals surface area contributed by atoms with E-state index in [2.05, 4.69) is 19.2 Å². The number of rotatable bonds is 9. The quantitative estimate of drug-likeness (QED) is 0.675. The van der Waals surface area contributed by atoms with Gasteiger partial charge in [-0.2, -0.15) is 0 Å². The van der Waals surface area contributed by atoms with Crippen LogP contribution in [-0.4, -0.2) is 24.6 Å². The molecule has 0 fully saturated rings. The van der Waals surface area contributed by atoms with Gasteiger partial charge in [0.1, 0.15) is 5.75 Å². The van der Waals surface area contributed by atoms with Gasteiger partial charge in [0.25, 0.3) is 0 Å². The molecule has 1 aromatic rings. The fraction of sp³-hybridized carbons (Fsp3) is 0.611. The Hall–Kier alpha value is -1.26. The van der Waals surface area contributed by atoms with E-state index in [-0.39, 0.29) is 23.9 Å². The van der Waals surface area contributed by atoms with Gasteiger partial charge in [-0.05, 0) is 56.4 Å². The summed E-state index contributed by atoms with van der Waals surface area (Å²) in [6.07, 6.45) is 2.89. The van der Waals surface area contributed by atoms with Crippen molar-refractivity contribution in [2.45, 2.75) is 58.9 Å². The summed E-state index contributed by atoms with van der Waals surface area (Å²) in [6.45, 7) is 9.33. The smallest absolute Gasteiger partial charge is 0.220 e. The molecule has 23 heavy (non-hydrogen) atoms. The van der Waals surface area contributed by atoms with Gasteiger partial charge >= 0.3 is 0 Å². The first kappa shape index (κ1) is 21.7. The number of nitrogens with two attached hydrogens (primary N) is 1. The number of ether oxygens (including phenoxy) is 1. The van der Waals surface area contributed by atoms with E-state index >= 15 is 0 Å². The number of benzene rings is 1. The highest BCUT2D eigenvalue weighted by Gasteiger charge is 2.20. The molecule has 0 aliphatic rings. The predicted molar refractivity (Wildman–Crippen MR) is 98.4 cm³/mol. The predicted octanol–water partition coefficient (Wildman–Crippen LogP) is 3.52. The van der Waals surface area contributed by atoms with Crippen molar-refractivity contribution < 1.29 is 9.53 Å². The summed E-state index contributed by atoms with van der Waals surface area (Å²) in [7, 11) is 0. The molecule has 3 N–H and O–H groups in total. The topological polar surface area (TPSA) is 64.3 Å². The molecular weight excluding hydrogens is 312 g/mol. The average molecular weight is 343 g/mol. The van der Waals surface area contributed by atoms with Crippen LogP contribution in [0, 0.1) is 13.8 Å². The summed E-state index contributed by atoms with van der Waals surface area (Å²) in [6, 6.07) is 6.04. The second-order valence-electron chi connectivity index (χ2n) is 6.04. The summed E-state index contributed by atoms with van der Waals surface area (Å²) in [4.78, 5) is 11.8. The third-order valence-electron chi connectivity index (χ3n) is 4.34. The van der Waals surface area contributed by atoms with Gasteiger partial charge in [-0.3, -0.25) is 4.79 Å². The standard InChI is InChI=1S/C18H30N2O2.ClH/c1-5-18(19,6-2)13-20-17(21)8-7-11-22-16-10-9-14(3)15(4)12-16;/h9-10,12H,5-8,11,13,19H2,1-4H3,(H,20,21);1H. The van der Waals surface area contributed by atoms with Crippen LogP contribution in [0.25, 0.3) is 0 Å². The molecule has 0 unspecified atom stereocenters. The molecule has 5 heteroatoms. The lowest BCUT2D eigenvalue weighted by atomic mass is 9.94. The highest BCUT2D eigenvalue weighted by atomic mass is 35.5. The second-order valence-corrected chi connectivity index (χ2v) is 6.04. The van der Waals surface area contributed by atoms with E-state index in [1.165, 1.54) is 11.1 Å². The van der Waals surface area contributed by atoms with E-state index in [9.17, 15) is 4.79 Å². The van der Waals surface area contributed by atoms with Crippen molar-refractivity contribution in [1.82, 2.24) is 5.32 Å². The summed E-state index contributed by atoms with van der Waals surface area (Å²) in [5.41, 5.74) is 8.35. The van der Waals surface area contributed by atoms with Gasteiger partial charge in [-0.15, -0.1) is 12.4 Å². The van der Waals surface area contributed by atoms with Gasteiger partial charge in [0.2, 0.25) is 5.91 Å². The summed E-state index contributed by atoms with van der Waals surface area (Å²) >= 11 is 0. The fourth-order valence-corrected chi connectivity index (χ4v) is 2.09. The van der Waals surface area contributed by atoms with Crippen LogP contribution in [0.1, 0.15) is 50.7 Å². The molecule has 132 valence electrons. The SMILES string of the molecule is CCC(N)(CC)CNC(=O)CCCOc1ccc(C)c(C)c1.Cl. The highest BCUT2D eigenvalue weighted by molar-refractivity contribution is 5.85. The normalized spacial score (nSPS) is 10.8. The lowest BCUT2D eigenvalue weighted by Crippen LogP contribution is -2.49. The summed E-state index contributed by atoms with van der Waals surface area (Å²) < 4.78 is 5.68. The molecule has 0 saturated heterocycles. The van der Waals surface area contributed by atoms with Crippen LogP contribution in [0.2, 0.25) is 0 Å². The van der Waals surface area contributed by atoms with Gasteiger partial charge in [0.15, 0.2) is 0 Å². The number of carbonyl (C=O) groups excluding carboxylic acids is 1. The number of hydrogen-bond donors (Lipinski definition) is 2. The zero-order valence-corrected chi connectivity index (χ0v) is 15.6. The first-order valence-corrected chi connectivity index (χ1v) is 8.16. The van der Waals surface area contributed by atoms with E-state index in [1.807, 2.05) is 32.0 Å². The molecule has 0 atom stereocenters. The van der Waals surface area contributed by atoms with Crippen molar-refractivity contribution in [2.24, 2.45) is 5.73 Å². The van der Waals surface area contributed by atoms with Gasteiger partial charge in [-0.1, -0.05) is 19.9 Å². The zero-order valence-electron chi connectivity index (χ0n) is 14.8. The van der Waals surface area contributed by atoms with Crippen LogP contribution >= 0.6 is 12.4 Å². The van der Waals surface area contributed by atoms with Crippen molar-refractivity contribution in [3.8, 4) is 5.75 Å². The van der Waals surface area contributed by atoms with E-state index in [4.69, 9.17) is 10.5 Å². The van der Waals surface area contributed by atoms with Gasteiger partial charge in [0.05, 0.1) is 6.61 Å². The van der Waals surface area contributed by atoms with E-state index in [0.717, 1.165) is 18.6 Å². The second kappa shape index (κ2) is 10.5. The van der Waals surface area contributed by atoms with Crippen LogP contribution in [0.4, 0.5) is 0 Å². The average Bonchev–Trinajstić information content (AvgIpc) is 2.52. The van der Waals surface area contributed by atoms with Crippen LogP contribution in [0.15, 0.2) is 18.2 Å². The molecule has 0 heterocycles. The number of amides is 1. The molecule has 1 amide bonds. The zero-order chi connectivity index (χ0) is 16.6. The molecule has 0 radical (unpaired) electrons.